The smallest absolute Gasteiger partial charge is 0.317 e. The van der Waals surface area contributed by atoms with Crippen LogP contribution in [0.1, 0.15) is 56.7 Å². The zero-order chi connectivity index (χ0) is 24.4. The molecule has 1 atom stereocenters. The Kier molecular flexibility index (Phi) is 6.95. The lowest BCUT2D eigenvalue weighted by atomic mass is 10.0. The quantitative estimate of drug-likeness (QED) is 0.415. The van der Waals surface area contributed by atoms with E-state index in [0.29, 0.717) is 0 Å². The molecule has 1 saturated heterocycles. The van der Waals surface area contributed by atoms with E-state index in [1.165, 1.54) is 23.1 Å². The van der Waals surface area contributed by atoms with Crippen LogP contribution in [0, 0.1) is 0 Å². The van der Waals surface area contributed by atoms with Crippen molar-refractivity contribution in [2.45, 2.75) is 58.1 Å². The predicted molar refractivity (Wildman–Crippen MR) is 143 cm³/mol. The normalized spacial score (nSPS) is 17.4. The molecule has 1 aromatic heterocycles. The molecule has 35 heavy (non-hydrogen) atoms. The van der Waals surface area contributed by atoms with E-state index in [1.807, 2.05) is 38.1 Å². The minimum Gasteiger partial charge on any atom is -0.489 e. The third-order valence-corrected chi connectivity index (χ3v) is 7.92. The molecule has 0 spiro atoms. The van der Waals surface area contributed by atoms with Gasteiger partial charge in [0.15, 0.2) is 0 Å². The van der Waals surface area contributed by atoms with E-state index in [-0.39, 0.29) is 18.2 Å². The zero-order valence-electron chi connectivity index (χ0n) is 20.8. The second-order valence-corrected chi connectivity index (χ2v) is 10.6. The van der Waals surface area contributed by atoms with Gasteiger partial charge >= 0.3 is 6.03 Å². The lowest BCUT2D eigenvalue weighted by Gasteiger charge is -2.28. The highest BCUT2D eigenvalue weighted by Crippen LogP contribution is 2.41. The van der Waals surface area contributed by atoms with Crippen molar-refractivity contribution >= 4 is 23.1 Å². The first-order chi connectivity index (χ1) is 17.0. The summed E-state index contributed by atoms with van der Waals surface area (Å²) < 4.78 is 5.92. The van der Waals surface area contributed by atoms with Gasteiger partial charge in [0.05, 0.1) is 22.7 Å². The summed E-state index contributed by atoms with van der Waals surface area (Å²) in [4.78, 5) is 20.7. The number of carbonyl (C=O) groups is 1. The molecule has 0 radical (unpaired) electrons. The first kappa shape index (κ1) is 23.7. The number of aromatic nitrogens is 1. The van der Waals surface area contributed by atoms with Gasteiger partial charge in [-0.3, -0.25) is 0 Å². The summed E-state index contributed by atoms with van der Waals surface area (Å²) in [5, 5.41) is 7.53. The predicted octanol–water partition coefficient (Wildman–Crippen LogP) is 6.49. The highest BCUT2D eigenvalue weighted by atomic mass is 32.1. The molecule has 1 aliphatic carbocycles. The first-order valence-corrected chi connectivity index (χ1v) is 13.5. The van der Waals surface area contributed by atoms with Gasteiger partial charge in [-0.05, 0) is 80.8 Å². The third-order valence-electron chi connectivity index (χ3n) is 6.84. The Morgan fingerprint density at radius 1 is 1.17 bits per heavy atom. The van der Waals surface area contributed by atoms with Crippen LogP contribution in [0.2, 0.25) is 0 Å². The van der Waals surface area contributed by atoms with Gasteiger partial charge in [0.2, 0.25) is 0 Å². The van der Waals surface area contributed by atoms with E-state index in [4.69, 9.17) is 9.72 Å². The molecule has 5 rings (SSSR count). The van der Waals surface area contributed by atoms with Crippen molar-refractivity contribution in [2.75, 3.05) is 25.5 Å². The highest BCUT2D eigenvalue weighted by Gasteiger charge is 2.28. The maximum absolute atomic E-state index is 12.8. The summed E-state index contributed by atoms with van der Waals surface area (Å²) in [6, 6.07) is 12.8. The standard InChI is InChI=1S/C28H34N4O2S/c1-18(2)34-25-13-10-19(16-24(25)29-3)27-30-17-26(35-27)22-9-7-8-21-20(22)11-12-23(21)31-28(33)32-14-5-4-6-15-32/h7-10,13,16-18,23,29H,4-6,11-12,14-15H2,1-3H3,(H,31,33). The lowest BCUT2D eigenvalue weighted by molar-refractivity contribution is 0.182. The third kappa shape index (κ3) is 5.01. The van der Waals surface area contributed by atoms with Crippen molar-refractivity contribution in [3.63, 3.8) is 0 Å². The molecule has 2 N–H and O–H groups in total. The van der Waals surface area contributed by atoms with Gasteiger partial charge in [-0.25, -0.2) is 9.78 Å². The Morgan fingerprint density at radius 2 is 2.00 bits per heavy atom. The molecule has 184 valence electrons. The van der Waals surface area contributed by atoms with Crippen molar-refractivity contribution in [1.82, 2.24) is 15.2 Å². The molecule has 2 amide bonds. The average molecular weight is 491 g/mol. The summed E-state index contributed by atoms with van der Waals surface area (Å²) in [6.45, 7) is 5.80. The molecule has 0 bridgehead atoms. The molecule has 1 unspecified atom stereocenters. The van der Waals surface area contributed by atoms with Crippen LogP contribution in [0.25, 0.3) is 21.0 Å². The van der Waals surface area contributed by atoms with Gasteiger partial charge in [0, 0.05) is 31.9 Å². The molecule has 6 nitrogen and oxygen atoms in total. The lowest BCUT2D eigenvalue weighted by Crippen LogP contribution is -2.43. The molecular formula is C28H34N4O2S. The number of hydrogen-bond donors (Lipinski definition) is 2. The molecule has 3 aromatic rings. The molecular weight excluding hydrogens is 456 g/mol. The maximum Gasteiger partial charge on any atom is 0.317 e. The number of benzene rings is 2. The Labute approximate surface area is 211 Å². The zero-order valence-corrected chi connectivity index (χ0v) is 21.6. The Bertz CT molecular complexity index is 1200. The molecule has 0 saturated carbocycles. The van der Waals surface area contributed by atoms with Crippen molar-refractivity contribution in [1.29, 1.82) is 0 Å². The maximum atomic E-state index is 12.8. The van der Waals surface area contributed by atoms with Gasteiger partial charge in [-0.2, -0.15) is 0 Å². The summed E-state index contributed by atoms with van der Waals surface area (Å²) in [7, 11) is 1.91. The fourth-order valence-electron chi connectivity index (χ4n) is 5.12. The summed E-state index contributed by atoms with van der Waals surface area (Å²) in [5.74, 6) is 0.849. The van der Waals surface area contributed by atoms with Crippen molar-refractivity contribution in [2.24, 2.45) is 0 Å². The molecule has 2 aromatic carbocycles. The van der Waals surface area contributed by atoms with Gasteiger partial charge in [0.1, 0.15) is 10.8 Å². The Balaban J connectivity index is 1.36. The van der Waals surface area contributed by atoms with Gasteiger partial charge in [-0.15, -0.1) is 11.3 Å². The number of fused-ring (bicyclic) bond motifs is 1. The number of carbonyl (C=O) groups excluding carboxylic acids is 1. The van der Waals surface area contributed by atoms with Gasteiger partial charge in [-0.1, -0.05) is 18.2 Å². The van der Waals surface area contributed by atoms with Crippen LogP contribution < -0.4 is 15.4 Å². The Hall–Kier alpha value is -3.06. The van der Waals surface area contributed by atoms with E-state index in [1.54, 1.807) is 11.3 Å². The molecule has 2 aliphatic rings. The summed E-state index contributed by atoms with van der Waals surface area (Å²) >= 11 is 1.71. The van der Waals surface area contributed by atoms with E-state index in [0.717, 1.165) is 65.7 Å². The topological polar surface area (TPSA) is 66.5 Å². The van der Waals surface area contributed by atoms with Crippen molar-refractivity contribution in [3.05, 3.63) is 53.7 Å². The van der Waals surface area contributed by atoms with Gasteiger partial charge < -0.3 is 20.3 Å². The van der Waals surface area contributed by atoms with Crippen molar-refractivity contribution < 1.29 is 9.53 Å². The van der Waals surface area contributed by atoms with E-state index < -0.39 is 0 Å². The number of likely N-dealkylation sites (tertiary alicyclic amines) is 1. The Morgan fingerprint density at radius 3 is 2.77 bits per heavy atom. The van der Waals surface area contributed by atoms with Crippen molar-refractivity contribution in [3.8, 4) is 26.8 Å². The largest absolute Gasteiger partial charge is 0.489 e. The number of nitrogens with zero attached hydrogens (tertiary/aromatic N) is 2. The van der Waals surface area contributed by atoms with Crippen LogP contribution in [0.4, 0.5) is 10.5 Å². The second kappa shape index (κ2) is 10.3. The highest BCUT2D eigenvalue weighted by molar-refractivity contribution is 7.18. The summed E-state index contributed by atoms with van der Waals surface area (Å²) in [6.07, 6.45) is 7.45. The monoisotopic (exact) mass is 490 g/mol. The van der Waals surface area contributed by atoms with E-state index in [2.05, 4.69) is 41.0 Å². The number of amides is 2. The van der Waals surface area contributed by atoms with Crippen LogP contribution >= 0.6 is 11.3 Å². The number of nitrogens with one attached hydrogen (secondary N) is 2. The van der Waals surface area contributed by atoms with Crippen LogP contribution in [-0.4, -0.2) is 42.2 Å². The molecule has 1 fully saturated rings. The summed E-state index contributed by atoms with van der Waals surface area (Å²) in [5.41, 5.74) is 5.84. The molecule has 2 heterocycles. The van der Waals surface area contributed by atoms with Crippen LogP contribution in [0.5, 0.6) is 5.75 Å². The number of ether oxygens (including phenoxy) is 1. The second-order valence-electron chi connectivity index (χ2n) is 9.62. The van der Waals surface area contributed by atoms with Crippen LogP contribution in [-0.2, 0) is 6.42 Å². The van der Waals surface area contributed by atoms with E-state index in [9.17, 15) is 4.79 Å². The number of anilines is 1. The molecule has 1 aliphatic heterocycles. The first-order valence-electron chi connectivity index (χ1n) is 12.7. The minimum atomic E-state index is 0.0817. The number of urea groups is 1. The fraction of sp³-hybridized carbons (Fsp3) is 0.429. The van der Waals surface area contributed by atoms with Crippen LogP contribution in [0.3, 0.4) is 0 Å². The molecule has 7 heteroatoms. The van der Waals surface area contributed by atoms with E-state index >= 15 is 0 Å². The van der Waals surface area contributed by atoms with Crippen LogP contribution in [0.15, 0.2) is 42.6 Å². The number of hydrogen-bond acceptors (Lipinski definition) is 5. The minimum absolute atomic E-state index is 0.0817. The average Bonchev–Trinajstić information content (AvgIpc) is 3.52. The number of piperidine rings is 1. The van der Waals surface area contributed by atoms with Gasteiger partial charge in [0.25, 0.3) is 0 Å². The fourth-order valence-corrected chi connectivity index (χ4v) is 6.08. The number of thiazole rings is 1. The SMILES string of the molecule is CNc1cc(-c2ncc(-c3cccc4c3CCC4NC(=O)N3CCCCC3)s2)ccc1OC(C)C. The number of rotatable bonds is 6.